The van der Waals surface area contributed by atoms with Gasteiger partial charge in [0.2, 0.25) is 17.7 Å². The lowest BCUT2D eigenvalue weighted by Gasteiger charge is -2.23. The molecule has 0 aromatic heterocycles. The van der Waals surface area contributed by atoms with Crippen LogP contribution < -0.4 is 22.1 Å². The lowest BCUT2D eigenvalue weighted by molar-refractivity contribution is -0.142. The third-order valence-electron chi connectivity index (χ3n) is 4.27. The highest BCUT2D eigenvalue weighted by Crippen LogP contribution is 2.07. The maximum atomic E-state index is 12.7. The molecule has 0 aliphatic rings. The predicted octanol–water partition coefficient (Wildman–Crippen LogP) is -0.0778. The first-order valence-electron chi connectivity index (χ1n) is 9.51. The van der Waals surface area contributed by atoms with Gasteiger partial charge in [0.1, 0.15) is 12.1 Å². The summed E-state index contributed by atoms with van der Waals surface area (Å²) in [6, 6.07) is 5.70. The Morgan fingerprint density at radius 2 is 1.59 bits per heavy atom. The summed E-state index contributed by atoms with van der Waals surface area (Å²) in [5, 5.41) is 14.4. The molecule has 0 radical (unpaired) electrons. The minimum Gasteiger partial charge on any atom is -0.480 e. The SMILES string of the molecule is CC(C)CC(N)C(=O)NC(CCC(N)=O)C(=O)NC(Cc1ccccc1)C(=O)O. The number of carboxylic acids is 1. The number of hydrogen-bond acceptors (Lipinski definition) is 5. The number of nitrogens with two attached hydrogens (primary N) is 2. The first kappa shape index (κ1) is 24.1. The van der Waals surface area contributed by atoms with E-state index in [9.17, 15) is 24.3 Å². The minimum absolute atomic E-state index is 0.0566. The summed E-state index contributed by atoms with van der Waals surface area (Å²) in [7, 11) is 0. The fourth-order valence-corrected chi connectivity index (χ4v) is 2.77. The first-order valence-corrected chi connectivity index (χ1v) is 9.51. The summed E-state index contributed by atoms with van der Waals surface area (Å²) < 4.78 is 0. The Bertz CT molecular complexity index is 708. The number of rotatable bonds is 12. The fourth-order valence-electron chi connectivity index (χ4n) is 2.77. The van der Waals surface area contributed by atoms with Crippen molar-refractivity contribution in [2.45, 2.75) is 57.7 Å². The zero-order valence-corrected chi connectivity index (χ0v) is 16.8. The van der Waals surface area contributed by atoms with Gasteiger partial charge in [-0.25, -0.2) is 4.79 Å². The summed E-state index contributed by atoms with van der Waals surface area (Å²) in [6.07, 6.45) is 0.292. The summed E-state index contributed by atoms with van der Waals surface area (Å²) in [5.74, 6) is -2.92. The Hall–Kier alpha value is -2.94. The number of carbonyl (C=O) groups excluding carboxylic acids is 3. The third-order valence-corrected chi connectivity index (χ3v) is 4.27. The van der Waals surface area contributed by atoms with E-state index in [1.807, 2.05) is 13.8 Å². The van der Waals surface area contributed by atoms with E-state index >= 15 is 0 Å². The van der Waals surface area contributed by atoms with Crippen LogP contribution in [-0.4, -0.2) is 46.9 Å². The summed E-state index contributed by atoms with van der Waals surface area (Å²) in [6.45, 7) is 3.82. The second kappa shape index (κ2) is 11.8. The van der Waals surface area contributed by atoms with Crippen LogP contribution in [0.15, 0.2) is 30.3 Å². The maximum Gasteiger partial charge on any atom is 0.326 e. The molecule has 9 nitrogen and oxygen atoms in total. The second-order valence-electron chi connectivity index (χ2n) is 7.39. The minimum atomic E-state index is -1.21. The van der Waals surface area contributed by atoms with Crippen LogP contribution in [0.25, 0.3) is 0 Å². The quantitative estimate of drug-likeness (QED) is 0.326. The summed E-state index contributed by atoms with van der Waals surface area (Å²) in [4.78, 5) is 47.7. The van der Waals surface area contributed by atoms with Gasteiger partial charge in [-0.1, -0.05) is 44.2 Å². The predicted molar refractivity (Wildman–Crippen MR) is 108 cm³/mol. The van der Waals surface area contributed by atoms with Gasteiger partial charge >= 0.3 is 5.97 Å². The van der Waals surface area contributed by atoms with Crippen molar-refractivity contribution in [2.24, 2.45) is 17.4 Å². The Morgan fingerprint density at radius 3 is 2.10 bits per heavy atom. The molecular formula is C20H30N4O5. The molecule has 0 heterocycles. The van der Waals surface area contributed by atoms with Crippen LogP contribution in [0.4, 0.5) is 0 Å². The molecule has 1 aromatic rings. The molecule has 0 aliphatic heterocycles. The van der Waals surface area contributed by atoms with Crippen molar-refractivity contribution in [3.63, 3.8) is 0 Å². The molecule has 0 saturated carbocycles. The molecule has 3 atom stereocenters. The zero-order valence-electron chi connectivity index (χ0n) is 16.8. The monoisotopic (exact) mass is 406 g/mol. The van der Waals surface area contributed by atoms with Gasteiger partial charge in [0.15, 0.2) is 0 Å². The average molecular weight is 406 g/mol. The maximum absolute atomic E-state index is 12.7. The number of aliphatic carboxylic acids is 1. The van der Waals surface area contributed by atoms with Crippen LogP contribution in [0.5, 0.6) is 0 Å². The smallest absolute Gasteiger partial charge is 0.326 e. The lowest BCUT2D eigenvalue weighted by Crippen LogP contribution is -2.55. The van der Waals surface area contributed by atoms with Gasteiger partial charge in [0.05, 0.1) is 6.04 Å². The molecule has 29 heavy (non-hydrogen) atoms. The standard InChI is InChI=1S/C20H30N4O5/c1-12(2)10-14(21)18(26)23-15(8-9-17(22)25)19(27)24-16(20(28)29)11-13-6-4-3-5-7-13/h3-7,12,14-16H,8-11,21H2,1-2H3,(H2,22,25)(H,23,26)(H,24,27)(H,28,29). The highest BCUT2D eigenvalue weighted by Gasteiger charge is 2.28. The molecule has 0 bridgehead atoms. The number of benzene rings is 1. The van der Waals surface area contributed by atoms with E-state index in [4.69, 9.17) is 11.5 Å². The van der Waals surface area contributed by atoms with Crippen LogP contribution in [-0.2, 0) is 25.6 Å². The van der Waals surface area contributed by atoms with Gasteiger partial charge in [-0.3, -0.25) is 14.4 Å². The number of hydrogen-bond donors (Lipinski definition) is 5. The van der Waals surface area contributed by atoms with E-state index in [0.717, 1.165) is 5.56 Å². The van der Waals surface area contributed by atoms with Gasteiger partial charge in [0.25, 0.3) is 0 Å². The molecule has 0 fully saturated rings. The van der Waals surface area contributed by atoms with Gasteiger partial charge < -0.3 is 27.2 Å². The fraction of sp³-hybridized carbons (Fsp3) is 0.500. The molecule has 0 saturated heterocycles. The number of carbonyl (C=O) groups is 4. The topological polar surface area (TPSA) is 165 Å². The van der Waals surface area contributed by atoms with E-state index in [-0.39, 0.29) is 25.2 Å². The Morgan fingerprint density at radius 1 is 1.00 bits per heavy atom. The van der Waals surface area contributed by atoms with Gasteiger partial charge in [-0.2, -0.15) is 0 Å². The summed E-state index contributed by atoms with van der Waals surface area (Å²) in [5.41, 5.74) is 11.7. The van der Waals surface area contributed by atoms with E-state index in [0.29, 0.717) is 6.42 Å². The molecule has 0 spiro atoms. The lowest BCUT2D eigenvalue weighted by atomic mass is 10.0. The third kappa shape index (κ3) is 9.20. The number of amides is 3. The van der Waals surface area contributed by atoms with Crippen LogP contribution >= 0.6 is 0 Å². The second-order valence-corrected chi connectivity index (χ2v) is 7.39. The van der Waals surface area contributed by atoms with Crippen molar-refractivity contribution in [2.75, 3.05) is 0 Å². The Labute approximate surface area is 170 Å². The van der Waals surface area contributed by atoms with E-state index in [1.54, 1.807) is 30.3 Å². The number of primary amides is 1. The highest BCUT2D eigenvalue weighted by atomic mass is 16.4. The van der Waals surface area contributed by atoms with E-state index < -0.39 is 41.8 Å². The molecule has 1 rings (SSSR count). The molecule has 9 heteroatoms. The highest BCUT2D eigenvalue weighted by molar-refractivity contribution is 5.92. The van der Waals surface area contributed by atoms with Crippen molar-refractivity contribution in [1.29, 1.82) is 0 Å². The first-order chi connectivity index (χ1) is 13.6. The van der Waals surface area contributed by atoms with Gasteiger partial charge in [-0.05, 0) is 24.3 Å². The Kier molecular flexibility index (Phi) is 9.81. The Balaban J connectivity index is 2.86. The van der Waals surface area contributed by atoms with Gasteiger partial charge in [-0.15, -0.1) is 0 Å². The van der Waals surface area contributed by atoms with Crippen molar-refractivity contribution in [1.82, 2.24) is 10.6 Å². The van der Waals surface area contributed by atoms with Gasteiger partial charge in [0, 0.05) is 12.8 Å². The van der Waals surface area contributed by atoms with Crippen LogP contribution in [0.3, 0.4) is 0 Å². The van der Waals surface area contributed by atoms with Crippen LogP contribution in [0.2, 0.25) is 0 Å². The average Bonchev–Trinajstić information content (AvgIpc) is 2.64. The van der Waals surface area contributed by atoms with Crippen LogP contribution in [0.1, 0.15) is 38.7 Å². The summed E-state index contributed by atoms with van der Waals surface area (Å²) >= 11 is 0. The largest absolute Gasteiger partial charge is 0.480 e. The van der Waals surface area contributed by atoms with Crippen molar-refractivity contribution in [3.8, 4) is 0 Å². The van der Waals surface area contributed by atoms with Crippen LogP contribution in [0, 0.1) is 5.92 Å². The number of carboxylic acid groups (broad SMARTS) is 1. The zero-order chi connectivity index (χ0) is 22.0. The molecule has 1 aromatic carbocycles. The molecular weight excluding hydrogens is 376 g/mol. The molecule has 160 valence electrons. The van der Waals surface area contributed by atoms with E-state index in [1.165, 1.54) is 0 Å². The molecule has 3 unspecified atom stereocenters. The molecule has 0 aliphatic carbocycles. The van der Waals surface area contributed by atoms with Crippen molar-refractivity contribution >= 4 is 23.7 Å². The molecule has 3 amide bonds. The van der Waals surface area contributed by atoms with E-state index in [2.05, 4.69) is 10.6 Å². The van der Waals surface area contributed by atoms with Crippen molar-refractivity contribution in [3.05, 3.63) is 35.9 Å². The number of nitrogens with one attached hydrogen (secondary N) is 2. The normalized spacial score (nSPS) is 13.9. The molecule has 7 N–H and O–H groups in total. The van der Waals surface area contributed by atoms with Crippen molar-refractivity contribution < 1.29 is 24.3 Å².